The Morgan fingerprint density at radius 3 is 2.71 bits per heavy atom. The molecule has 3 unspecified atom stereocenters. The Morgan fingerprint density at radius 2 is 2.25 bits per heavy atom. The number of guanidine groups is 1. The minimum absolute atomic E-state index is 0.437. The van der Waals surface area contributed by atoms with Crippen LogP contribution < -0.4 is 16.8 Å². The summed E-state index contributed by atoms with van der Waals surface area (Å²) in [6, 6.07) is -2.38. The van der Waals surface area contributed by atoms with Crippen LogP contribution >= 0.6 is 0 Å². The van der Waals surface area contributed by atoms with E-state index in [-0.39, 0.29) is 0 Å². The number of rotatable bonds is 7. The lowest BCUT2D eigenvalue weighted by molar-refractivity contribution is -0.149. The summed E-state index contributed by atoms with van der Waals surface area (Å²) in [4.78, 5) is 26.7. The largest absolute Gasteiger partial charge is 0.478 e. The molecule has 24 heavy (non-hydrogen) atoms. The zero-order valence-corrected chi connectivity index (χ0v) is 12.7. The summed E-state index contributed by atoms with van der Waals surface area (Å²) >= 11 is 0. The molecule has 0 aliphatic carbocycles. The first-order valence-electron chi connectivity index (χ1n) is 8.30. The molecule has 0 aromatic heterocycles. The van der Waals surface area contributed by atoms with Gasteiger partial charge in [-0.3, -0.25) is 4.79 Å². The summed E-state index contributed by atoms with van der Waals surface area (Å²) in [6.45, 7) is 0.217. The zero-order chi connectivity index (χ0) is 20.9. The van der Waals surface area contributed by atoms with Gasteiger partial charge >= 0.3 is 5.97 Å². The van der Waals surface area contributed by atoms with Crippen LogP contribution in [0.3, 0.4) is 0 Å². The number of hydrogen-bond acceptors (Lipinski definition) is 7. The van der Waals surface area contributed by atoms with Crippen molar-refractivity contribution < 1.29 is 38.5 Å². The van der Waals surface area contributed by atoms with E-state index in [9.17, 15) is 24.9 Å². The second-order valence-electron chi connectivity index (χ2n) is 5.02. The van der Waals surface area contributed by atoms with Gasteiger partial charge in [-0.15, -0.1) is 0 Å². The Bertz CT molecular complexity index is 622. The lowest BCUT2D eigenvalue weighted by atomic mass is 9.92. The summed E-state index contributed by atoms with van der Waals surface area (Å²) in [5.74, 6) is -3.21. The number of nitrogens with one attached hydrogen (secondary N) is 1. The molecular formula is C13H22N4O7. The highest BCUT2D eigenvalue weighted by Crippen LogP contribution is 2.26. The highest BCUT2D eigenvalue weighted by atomic mass is 16.6. The maximum absolute atomic E-state index is 11.6. The number of carboxylic acids is 1. The van der Waals surface area contributed by atoms with E-state index >= 15 is 0 Å². The van der Waals surface area contributed by atoms with E-state index < -0.39 is 67.6 Å². The Morgan fingerprint density at radius 1 is 1.58 bits per heavy atom. The van der Waals surface area contributed by atoms with Gasteiger partial charge in [0.2, 0.25) is 11.7 Å². The third-order valence-electron chi connectivity index (χ3n) is 3.21. The highest BCUT2D eigenvalue weighted by Gasteiger charge is 2.44. The molecule has 1 rings (SSSR count). The van der Waals surface area contributed by atoms with Crippen LogP contribution in [0.15, 0.2) is 16.8 Å². The van der Waals surface area contributed by atoms with Crippen LogP contribution in [0.1, 0.15) is 11.0 Å². The van der Waals surface area contributed by atoms with Gasteiger partial charge in [-0.05, 0) is 6.08 Å². The van der Waals surface area contributed by atoms with Crippen LogP contribution in [0.4, 0.5) is 0 Å². The van der Waals surface area contributed by atoms with Gasteiger partial charge in [0.25, 0.3) is 0 Å². The molecule has 1 amide bonds. The average Bonchev–Trinajstić information content (AvgIpc) is 2.51. The number of carbonyl (C=O) groups is 2. The second kappa shape index (κ2) is 8.47. The van der Waals surface area contributed by atoms with Gasteiger partial charge in [-0.2, -0.15) is 0 Å². The van der Waals surface area contributed by atoms with Crippen LogP contribution in [-0.4, -0.2) is 77.2 Å². The Labute approximate surface area is 142 Å². The average molecular weight is 349 g/mol. The van der Waals surface area contributed by atoms with E-state index in [4.69, 9.17) is 25.1 Å². The number of aliphatic carboxylic acids is 1. The monoisotopic (exact) mass is 349 g/mol. The zero-order valence-electron chi connectivity index (χ0n) is 15.7. The number of methoxy groups -OCH3 is 1. The van der Waals surface area contributed by atoms with Crippen molar-refractivity contribution in [2.24, 2.45) is 16.5 Å². The molecule has 0 bridgehead atoms. The number of amides is 1. The molecular weight excluding hydrogens is 324 g/mol. The van der Waals surface area contributed by atoms with Crippen molar-refractivity contribution in [2.45, 2.75) is 37.3 Å². The molecule has 1 aliphatic rings. The minimum Gasteiger partial charge on any atom is -0.478 e. The van der Waals surface area contributed by atoms with Crippen molar-refractivity contribution in [3.63, 3.8) is 0 Å². The third kappa shape index (κ3) is 4.81. The molecule has 0 spiro atoms. The molecule has 11 nitrogen and oxygen atoms in total. The molecule has 5 atom stereocenters. The second-order valence-corrected chi connectivity index (χ2v) is 5.02. The fraction of sp³-hybridized carbons (Fsp3) is 0.615. The molecule has 1 aliphatic heterocycles. The quantitative estimate of drug-likeness (QED) is 0.204. The normalized spacial score (nSPS) is 28.0. The molecule has 0 saturated heterocycles. The van der Waals surface area contributed by atoms with E-state index in [0.717, 1.165) is 13.0 Å². The molecule has 0 saturated carbocycles. The number of carboxylic acid groups (broad SMARTS) is 1. The SMILES string of the molecule is [2H]C([2H])([2H])O[C@H](C(O)CO)C1OC(C(=O)O)=C[C@H](N=C(N)N)C1NC(C)=O. The van der Waals surface area contributed by atoms with Gasteiger partial charge in [0.05, 0.1) is 22.8 Å². The van der Waals surface area contributed by atoms with E-state index in [1.165, 1.54) is 0 Å². The van der Waals surface area contributed by atoms with Crippen molar-refractivity contribution in [3.8, 4) is 0 Å². The fourth-order valence-corrected chi connectivity index (χ4v) is 2.27. The van der Waals surface area contributed by atoms with E-state index in [2.05, 4.69) is 10.3 Å². The van der Waals surface area contributed by atoms with Gasteiger partial charge in [0, 0.05) is 14.0 Å². The summed E-state index contributed by atoms with van der Waals surface area (Å²) in [7, 11) is -3.03. The van der Waals surface area contributed by atoms with E-state index in [1.54, 1.807) is 0 Å². The Kier molecular flexibility index (Phi) is 5.36. The standard InChI is InChI=1S/C13H22N4O7/c1-5(19)16-9-6(17-13(14)15)3-8(12(21)22)24-11(9)10(23-2)7(20)4-18/h3,6-7,9-11,18,20H,4H2,1-2H3,(H,16,19)(H,21,22)(H4,14,15,17)/t6-,7?,9?,10+,11?/m0/s1/i2D3. The number of carbonyl (C=O) groups excluding carboxylic acids is 1. The first-order chi connectivity index (χ1) is 12.4. The number of aliphatic hydroxyl groups is 2. The third-order valence-corrected chi connectivity index (χ3v) is 3.21. The van der Waals surface area contributed by atoms with Crippen molar-refractivity contribution in [1.82, 2.24) is 5.32 Å². The predicted octanol–water partition coefficient (Wildman–Crippen LogP) is -3.13. The van der Waals surface area contributed by atoms with Crippen LogP contribution in [0, 0.1) is 0 Å². The number of nitrogens with two attached hydrogens (primary N) is 2. The highest BCUT2D eigenvalue weighted by molar-refractivity contribution is 5.85. The van der Waals surface area contributed by atoms with Gasteiger partial charge in [-0.25, -0.2) is 9.79 Å². The molecule has 0 aromatic carbocycles. The smallest absolute Gasteiger partial charge is 0.370 e. The predicted molar refractivity (Wildman–Crippen MR) is 81.7 cm³/mol. The first kappa shape index (κ1) is 15.2. The topological polar surface area (TPSA) is 190 Å². The first-order valence-corrected chi connectivity index (χ1v) is 6.80. The van der Waals surface area contributed by atoms with E-state index in [0.29, 0.717) is 0 Å². The Balaban J connectivity index is 3.46. The molecule has 0 aromatic rings. The number of hydrogen-bond donors (Lipinski definition) is 6. The molecule has 8 N–H and O–H groups in total. The lowest BCUT2D eigenvalue weighted by Gasteiger charge is -2.39. The van der Waals surface area contributed by atoms with Gasteiger partial charge in [-0.1, -0.05) is 0 Å². The summed E-state index contributed by atoms with van der Waals surface area (Å²) in [5, 5.41) is 30.9. The molecule has 0 radical (unpaired) electrons. The van der Waals surface area contributed by atoms with Gasteiger partial charge < -0.3 is 41.6 Å². The number of nitrogens with zero attached hydrogens (tertiary/aromatic N) is 1. The molecule has 136 valence electrons. The van der Waals surface area contributed by atoms with E-state index in [1.807, 2.05) is 0 Å². The van der Waals surface area contributed by atoms with Crippen molar-refractivity contribution in [1.29, 1.82) is 0 Å². The Hall–Kier alpha value is -2.37. The number of ether oxygens (including phenoxy) is 2. The number of aliphatic hydroxyl groups excluding tert-OH is 2. The summed E-state index contributed by atoms with van der Waals surface area (Å²) < 4.78 is 31.8. The van der Waals surface area contributed by atoms with Crippen molar-refractivity contribution in [2.75, 3.05) is 13.6 Å². The molecule has 11 heteroatoms. The van der Waals surface area contributed by atoms with Crippen LogP contribution in [0.5, 0.6) is 0 Å². The van der Waals surface area contributed by atoms with Crippen LogP contribution in [-0.2, 0) is 19.1 Å². The van der Waals surface area contributed by atoms with Crippen LogP contribution in [0.25, 0.3) is 0 Å². The fourth-order valence-electron chi connectivity index (χ4n) is 2.27. The van der Waals surface area contributed by atoms with Gasteiger partial charge in [0.1, 0.15) is 12.2 Å². The summed E-state index contributed by atoms with van der Waals surface area (Å²) in [5.41, 5.74) is 10.7. The number of aliphatic imine (C=N–C) groups is 1. The van der Waals surface area contributed by atoms with Gasteiger partial charge in [0.15, 0.2) is 12.1 Å². The van der Waals surface area contributed by atoms with Crippen molar-refractivity contribution >= 4 is 17.8 Å². The maximum atomic E-state index is 11.6. The lowest BCUT2D eigenvalue weighted by Crippen LogP contribution is -2.60. The molecule has 1 heterocycles. The van der Waals surface area contributed by atoms with Crippen LogP contribution in [0.2, 0.25) is 0 Å². The molecule has 0 fully saturated rings. The minimum atomic E-state index is -3.03. The summed E-state index contributed by atoms with van der Waals surface area (Å²) in [6.07, 6.45) is -4.07. The van der Waals surface area contributed by atoms with Crippen molar-refractivity contribution in [3.05, 3.63) is 11.8 Å². The maximum Gasteiger partial charge on any atom is 0.370 e.